The minimum Gasteiger partial charge on any atom is -0.490 e. The normalized spacial score (nSPS) is 10.5. The number of aromatic amines is 1. The van der Waals surface area contributed by atoms with Crippen LogP contribution in [0, 0.1) is 13.8 Å². The van der Waals surface area contributed by atoms with Crippen LogP contribution < -0.4 is 9.47 Å². The maximum Gasteiger partial charge on any atom is 0.338 e. The molecular weight excluding hydrogens is 362 g/mol. The minimum atomic E-state index is -0.648. The summed E-state index contributed by atoms with van der Waals surface area (Å²) in [5, 5.41) is 0. The zero-order valence-corrected chi connectivity index (χ0v) is 16.8. The largest absolute Gasteiger partial charge is 0.490 e. The molecule has 0 atom stereocenters. The SMILES string of the molecule is CCOc1ccc(C(=O)OCC(=O)c2[nH]c(C)c(C(C)=O)c2C)cc1OCC. The molecule has 7 nitrogen and oxygen atoms in total. The van der Waals surface area contributed by atoms with Gasteiger partial charge in [0.05, 0.1) is 24.5 Å². The highest BCUT2D eigenvalue weighted by molar-refractivity contribution is 6.04. The predicted octanol–water partition coefficient (Wildman–Crippen LogP) is 3.67. The Bertz CT molecular complexity index is 897. The Balaban J connectivity index is 2.12. The summed E-state index contributed by atoms with van der Waals surface area (Å²) < 4.78 is 16.1. The third-order valence-electron chi connectivity index (χ3n) is 4.18. The number of Topliss-reactive ketones (excluding diaryl/α,β-unsaturated/α-hetero) is 2. The molecule has 0 aliphatic heterocycles. The number of hydrogen-bond acceptors (Lipinski definition) is 6. The summed E-state index contributed by atoms with van der Waals surface area (Å²) in [6.07, 6.45) is 0. The van der Waals surface area contributed by atoms with E-state index in [4.69, 9.17) is 14.2 Å². The summed E-state index contributed by atoms with van der Waals surface area (Å²) in [6, 6.07) is 4.71. The number of esters is 1. The van der Waals surface area contributed by atoms with Gasteiger partial charge in [0.1, 0.15) is 0 Å². The van der Waals surface area contributed by atoms with Crippen molar-refractivity contribution in [3.63, 3.8) is 0 Å². The minimum absolute atomic E-state index is 0.125. The van der Waals surface area contributed by atoms with Gasteiger partial charge >= 0.3 is 5.97 Å². The first-order valence-electron chi connectivity index (χ1n) is 9.10. The molecule has 1 aromatic carbocycles. The average Bonchev–Trinajstić information content (AvgIpc) is 2.95. The first kappa shape index (κ1) is 21.2. The molecule has 2 aromatic rings. The molecule has 1 heterocycles. The van der Waals surface area contributed by atoms with Crippen LogP contribution in [-0.4, -0.2) is 42.3 Å². The second-order valence-corrected chi connectivity index (χ2v) is 6.21. The van der Waals surface area contributed by atoms with Gasteiger partial charge in [-0.05, 0) is 58.4 Å². The topological polar surface area (TPSA) is 94.7 Å². The fourth-order valence-electron chi connectivity index (χ4n) is 3.02. The van der Waals surface area contributed by atoms with E-state index >= 15 is 0 Å². The van der Waals surface area contributed by atoms with Crippen LogP contribution in [0.4, 0.5) is 0 Å². The van der Waals surface area contributed by atoms with Gasteiger partial charge in [-0.1, -0.05) is 0 Å². The average molecular weight is 387 g/mol. The van der Waals surface area contributed by atoms with E-state index in [1.807, 2.05) is 13.8 Å². The van der Waals surface area contributed by atoms with Crippen molar-refractivity contribution in [2.45, 2.75) is 34.6 Å². The summed E-state index contributed by atoms with van der Waals surface area (Å²) in [4.78, 5) is 39.4. The molecular formula is C21H25NO6. The predicted molar refractivity (Wildman–Crippen MR) is 104 cm³/mol. The highest BCUT2D eigenvalue weighted by atomic mass is 16.5. The van der Waals surface area contributed by atoms with Gasteiger partial charge < -0.3 is 19.2 Å². The lowest BCUT2D eigenvalue weighted by molar-refractivity contribution is 0.0473. The van der Waals surface area contributed by atoms with Gasteiger partial charge in [0.15, 0.2) is 23.9 Å². The van der Waals surface area contributed by atoms with Gasteiger partial charge in [-0.2, -0.15) is 0 Å². The molecule has 0 aliphatic rings. The van der Waals surface area contributed by atoms with Crippen LogP contribution in [0.1, 0.15) is 63.2 Å². The van der Waals surface area contributed by atoms with Crippen LogP contribution in [0.2, 0.25) is 0 Å². The Hall–Kier alpha value is -3.09. The summed E-state index contributed by atoms with van der Waals surface area (Å²) >= 11 is 0. The van der Waals surface area contributed by atoms with Crippen molar-refractivity contribution >= 4 is 17.5 Å². The lowest BCUT2D eigenvalue weighted by Crippen LogP contribution is -2.15. The number of nitrogens with one attached hydrogen (secondary N) is 1. The summed E-state index contributed by atoms with van der Waals surface area (Å²) in [6.45, 7) is 8.99. The number of hydrogen-bond donors (Lipinski definition) is 1. The van der Waals surface area contributed by atoms with E-state index in [9.17, 15) is 14.4 Å². The Morgan fingerprint density at radius 3 is 2.21 bits per heavy atom. The van der Waals surface area contributed by atoms with Crippen LogP contribution in [0.5, 0.6) is 11.5 Å². The van der Waals surface area contributed by atoms with Gasteiger partial charge in [-0.25, -0.2) is 4.79 Å². The van der Waals surface area contributed by atoms with Crippen molar-refractivity contribution in [2.75, 3.05) is 19.8 Å². The van der Waals surface area contributed by atoms with E-state index in [2.05, 4.69) is 4.98 Å². The summed E-state index contributed by atoms with van der Waals surface area (Å²) in [7, 11) is 0. The maximum atomic E-state index is 12.4. The smallest absolute Gasteiger partial charge is 0.338 e. The zero-order valence-electron chi connectivity index (χ0n) is 16.8. The molecule has 0 amide bonds. The van der Waals surface area contributed by atoms with E-state index < -0.39 is 18.4 Å². The number of ether oxygens (including phenoxy) is 3. The Labute approximate surface area is 164 Å². The summed E-state index contributed by atoms with van der Waals surface area (Å²) in [5.41, 5.74) is 2.20. The van der Waals surface area contributed by atoms with Crippen molar-refractivity contribution in [1.82, 2.24) is 4.98 Å². The quantitative estimate of drug-likeness (QED) is 0.521. The molecule has 0 saturated heterocycles. The Morgan fingerprint density at radius 2 is 1.64 bits per heavy atom. The van der Waals surface area contributed by atoms with E-state index in [0.29, 0.717) is 41.5 Å². The van der Waals surface area contributed by atoms with Crippen LogP contribution in [0.25, 0.3) is 0 Å². The van der Waals surface area contributed by atoms with Gasteiger partial charge in [0.25, 0.3) is 0 Å². The van der Waals surface area contributed by atoms with Crippen molar-refractivity contribution in [3.8, 4) is 11.5 Å². The number of carbonyl (C=O) groups is 3. The third-order valence-corrected chi connectivity index (χ3v) is 4.18. The fourth-order valence-corrected chi connectivity index (χ4v) is 3.02. The lowest BCUT2D eigenvalue weighted by atomic mass is 10.1. The molecule has 0 radical (unpaired) electrons. The second kappa shape index (κ2) is 9.21. The van der Waals surface area contributed by atoms with E-state index in [1.165, 1.54) is 13.0 Å². The number of H-pyrrole nitrogens is 1. The fraction of sp³-hybridized carbons (Fsp3) is 0.381. The molecule has 2 rings (SSSR count). The molecule has 1 aromatic heterocycles. The standard InChI is InChI=1S/C21H25NO6/c1-6-26-17-9-8-15(10-18(17)27-7-2)21(25)28-11-16(24)20-12(3)19(14(5)23)13(4)22-20/h8-10,22H,6-7,11H2,1-5H3. The molecule has 1 N–H and O–H groups in total. The Morgan fingerprint density at radius 1 is 1.00 bits per heavy atom. The van der Waals surface area contributed by atoms with Crippen LogP contribution in [0.15, 0.2) is 18.2 Å². The van der Waals surface area contributed by atoms with Crippen LogP contribution >= 0.6 is 0 Å². The first-order chi connectivity index (χ1) is 13.3. The van der Waals surface area contributed by atoms with E-state index in [-0.39, 0.29) is 17.0 Å². The lowest BCUT2D eigenvalue weighted by Gasteiger charge is -2.12. The number of ketones is 2. The van der Waals surface area contributed by atoms with Crippen molar-refractivity contribution in [1.29, 1.82) is 0 Å². The highest BCUT2D eigenvalue weighted by Crippen LogP contribution is 2.29. The van der Waals surface area contributed by atoms with Gasteiger partial charge in [-0.3, -0.25) is 9.59 Å². The van der Waals surface area contributed by atoms with Crippen molar-refractivity contribution < 1.29 is 28.6 Å². The van der Waals surface area contributed by atoms with Gasteiger partial charge in [0, 0.05) is 11.3 Å². The molecule has 28 heavy (non-hydrogen) atoms. The van der Waals surface area contributed by atoms with Crippen LogP contribution in [0.3, 0.4) is 0 Å². The van der Waals surface area contributed by atoms with Crippen LogP contribution in [-0.2, 0) is 4.74 Å². The van der Waals surface area contributed by atoms with Crippen molar-refractivity contribution in [3.05, 3.63) is 46.3 Å². The number of aryl methyl sites for hydroxylation is 1. The Kier molecular flexibility index (Phi) is 6.98. The zero-order chi connectivity index (χ0) is 20.8. The van der Waals surface area contributed by atoms with E-state index in [0.717, 1.165) is 0 Å². The van der Waals surface area contributed by atoms with Crippen molar-refractivity contribution in [2.24, 2.45) is 0 Å². The summed E-state index contributed by atoms with van der Waals surface area (Å²) in [5.74, 6) is -0.207. The molecule has 0 unspecified atom stereocenters. The van der Waals surface area contributed by atoms with Gasteiger partial charge in [-0.15, -0.1) is 0 Å². The van der Waals surface area contributed by atoms with E-state index in [1.54, 1.807) is 26.0 Å². The number of aromatic nitrogens is 1. The monoisotopic (exact) mass is 387 g/mol. The molecule has 0 aliphatic carbocycles. The highest BCUT2D eigenvalue weighted by Gasteiger charge is 2.21. The molecule has 0 fully saturated rings. The molecule has 0 saturated carbocycles. The third kappa shape index (κ3) is 4.60. The molecule has 7 heteroatoms. The second-order valence-electron chi connectivity index (χ2n) is 6.21. The first-order valence-corrected chi connectivity index (χ1v) is 9.10. The maximum absolute atomic E-state index is 12.4. The molecule has 150 valence electrons. The van der Waals surface area contributed by atoms with Gasteiger partial charge in [0.2, 0.25) is 5.78 Å². The number of rotatable bonds is 9. The molecule has 0 bridgehead atoms. The number of carbonyl (C=O) groups excluding carboxylic acids is 3. The molecule has 0 spiro atoms. The number of benzene rings is 1.